The van der Waals surface area contributed by atoms with Crippen LogP contribution in [-0.2, 0) is 23.0 Å². The molecular weight excluding hydrogens is 549 g/mol. The highest BCUT2D eigenvalue weighted by Crippen LogP contribution is 2.29. The third-order valence-corrected chi connectivity index (χ3v) is 7.51. The van der Waals surface area contributed by atoms with Gasteiger partial charge in [-0.1, -0.05) is 29.8 Å². The van der Waals surface area contributed by atoms with E-state index in [0.29, 0.717) is 35.4 Å². The standard InChI is InChI=1S/C31H29ClFN3O5/c1-35-17-24(23-6-3-4-7-26(23)35)30(38)34-29-20(14-21(32)16-25(29)33)15-28(37)27-8-5-13-36(27)18-41-22-11-9-19(10-12-22)31(39)40-2/h3-4,6-7,9-12,14,16-17,27H,5,8,13,15,18H2,1-2H3,(H,34,38)/t27-/m1/s1. The van der Waals surface area contributed by atoms with Gasteiger partial charge in [0.2, 0.25) is 0 Å². The molecule has 1 fully saturated rings. The quantitative estimate of drug-likeness (QED) is 0.260. The molecule has 0 unspecified atom stereocenters. The average molecular weight is 578 g/mol. The maximum absolute atomic E-state index is 15.1. The van der Waals surface area contributed by atoms with Crippen LogP contribution in [0.5, 0.6) is 5.75 Å². The summed E-state index contributed by atoms with van der Waals surface area (Å²) in [6.45, 7) is 0.827. The largest absolute Gasteiger partial charge is 0.478 e. The van der Waals surface area contributed by atoms with Crippen LogP contribution in [0.25, 0.3) is 10.9 Å². The average Bonchev–Trinajstić information content (AvgIpc) is 3.58. The number of ether oxygens (including phenoxy) is 2. The van der Waals surface area contributed by atoms with Crippen molar-refractivity contribution in [3.63, 3.8) is 0 Å². The molecule has 0 radical (unpaired) electrons. The number of benzene rings is 3. The van der Waals surface area contributed by atoms with Gasteiger partial charge in [-0.2, -0.15) is 0 Å². The molecule has 0 aliphatic carbocycles. The third kappa shape index (κ3) is 6.11. The number of anilines is 1. The van der Waals surface area contributed by atoms with Crippen LogP contribution in [0.15, 0.2) is 66.9 Å². The van der Waals surface area contributed by atoms with Crippen LogP contribution in [-0.4, -0.2) is 53.6 Å². The summed E-state index contributed by atoms with van der Waals surface area (Å²) >= 11 is 6.16. The molecule has 1 saturated heterocycles. The zero-order valence-electron chi connectivity index (χ0n) is 22.7. The van der Waals surface area contributed by atoms with Gasteiger partial charge in [0.25, 0.3) is 5.91 Å². The van der Waals surface area contributed by atoms with E-state index in [0.717, 1.165) is 23.4 Å². The summed E-state index contributed by atoms with van der Waals surface area (Å²) in [5, 5.41) is 3.56. The number of fused-ring (bicyclic) bond motifs is 1. The van der Waals surface area contributed by atoms with E-state index in [1.54, 1.807) is 30.5 Å². The number of aromatic nitrogens is 1. The lowest BCUT2D eigenvalue weighted by Gasteiger charge is -2.24. The Kier molecular flexibility index (Phi) is 8.37. The summed E-state index contributed by atoms with van der Waals surface area (Å²) in [5.41, 5.74) is 1.92. The minimum Gasteiger partial charge on any atom is -0.478 e. The van der Waals surface area contributed by atoms with E-state index in [-0.39, 0.29) is 29.6 Å². The minimum atomic E-state index is -0.712. The second-order valence-electron chi connectivity index (χ2n) is 9.95. The molecule has 1 aliphatic heterocycles. The number of likely N-dealkylation sites (tertiary alicyclic amines) is 1. The van der Waals surface area contributed by atoms with Crippen molar-refractivity contribution in [2.75, 3.05) is 25.7 Å². The molecule has 1 N–H and O–H groups in total. The van der Waals surface area contributed by atoms with Crippen molar-refractivity contribution in [3.8, 4) is 5.75 Å². The lowest BCUT2D eigenvalue weighted by Crippen LogP contribution is -2.39. The number of nitrogens with zero attached hydrogens (tertiary/aromatic N) is 2. The highest BCUT2D eigenvalue weighted by Gasteiger charge is 2.32. The maximum Gasteiger partial charge on any atom is 0.337 e. The Morgan fingerprint density at radius 1 is 1.10 bits per heavy atom. The van der Waals surface area contributed by atoms with Crippen LogP contribution in [0.4, 0.5) is 10.1 Å². The molecule has 0 saturated carbocycles. The summed E-state index contributed by atoms with van der Waals surface area (Å²) in [6, 6.07) is 16.2. The topological polar surface area (TPSA) is 89.9 Å². The van der Waals surface area contributed by atoms with Crippen molar-refractivity contribution in [1.82, 2.24) is 9.47 Å². The highest BCUT2D eigenvalue weighted by atomic mass is 35.5. The fraction of sp³-hybridized carbons (Fsp3) is 0.258. The monoisotopic (exact) mass is 577 g/mol. The zero-order chi connectivity index (χ0) is 29.1. The first-order valence-electron chi connectivity index (χ1n) is 13.2. The van der Waals surface area contributed by atoms with E-state index >= 15 is 4.39 Å². The van der Waals surface area contributed by atoms with Gasteiger partial charge in [0.15, 0.2) is 5.78 Å². The van der Waals surface area contributed by atoms with Crippen molar-refractivity contribution < 1.29 is 28.2 Å². The van der Waals surface area contributed by atoms with E-state index in [9.17, 15) is 14.4 Å². The van der Waals surface area contributed by atoms with E-state index < -0.39 is 23.7 Å². The number of nitrogens with one attached hydrogen (secondary N) is 1. The van der Waals surface area contributed by atoms with E-state index in [2.05, 4.69) is 5.32 Å². The number of amides is 1. The van der Waals surface area contributed by atoms with Gasteiger partial charge >= 0.3 is 5.97 Å². The molecule has 5 rings (SSSR count). The maximum atomic E-state index is 15.1. The SMILES string of the molecule is COC(=O)c1ccc(OCN2CCC[C@@H]2C(=O)Cc2cc(Cl)cc(F)c2NC(=O)c2cn(C)c3ccccc23)cc1. The number of aryl methyl sites for hydroxylation is 1. The Morgan fingerprint density at radius 2 is 1.85 bits per heavy atom. The lowest BCUT2D eigenvalue weighted by molar-refractivity contribution is -0.123. The predicted octanol–water partition coefficient (Wildman–Crippen LogP) is 5.62. The summed E-state index contributed by atoms with van der Waals surface area (Å²) in [6.07, 6.45) is 3.01. The molecule has 1 aromatic heterocycles. The number of Topliss-reactive ketones (excluding diaryl/α,β-unsaturated/α-hetero) is 1. The predicted molar refractivity (Wildman–Crippen MR) is 154 cm³/mol. The molecule has 3 aromatic carbocycles. The van der Waals surface area contributed by atoms with Crippen molar-refractivity contribution in [2.24, 2.45) is 7.05 Å². The molecule has 1 aliphatic rings. The lowest BCUT2D eigenvalue weighted by atomic mass is 10.00. The zero-order valence-corrected chi connectivity index (χ0v) is 23.4. The molecular formula is C31H29ClFN3O5. The molecule has 41 heavy (non-hydrogen) atoms. The second-order valence-corrected chi connectivity index (χ2v) is 10.4. The number of hydrogen-bond donors (Lipinski definition) is 1. The number of halogens is 2. The van der Waals surface area contributed by atoms with Crippen LogP contribution in [0, 0.1) is 5.82 Å². The smallest absolute Gasteiger partial charge is 0.337 e. The number of esters is 1. The van der Waals surface area contributed by atoms with Crippen molar-refractivity contribution in [3.05, 3.63) is 94.4 Å². The molecule has 10 heteroatoms. The minimum absolute atomic E-state index is 0.0628. The number of hydrogen-bond acceptors (Lipinski definition) is 6. The first kappa shape index (κ1) is 28.3. The van der Waals surface area contributed by atoms with Gasteiger partial charge in [-0.25, -0.2) is 9.18 Å². The molecule has 1 amide bonds. The van der Waals surface area contributed by atoms with Crippen LogP contribution in [0.2, 0.25) is 5.02 Å². The Labute approximate surface area is 241 Å². The van der Waals surface area contributed by atoms with Crippen molar-refractivity contribution >= 4 is 45.9 Å². The molecule has 8 nitrogen and oxygen atoms in total. The molecule has 0 spiro atoms. The highest BCUT2D eigenvalue weighted by molar-refractivity contribution is 6.30. The molecule has 2 heterocycles. The first-order valence-corrected chi connectivity index (χ1v) is 13.5. The van der Waals surface area contributed by atoms with Gasteiger partial charge in [-0.3, -0.25) is 14.5 Å². The summed E-state index contributed by atoms with van der Waals surface area (Å²) < 4.78 is 27.6. The Balaban J connectivity index is 1.30. The Hall–Kier alpha value is -4.21. The van der Waals surface area contributed by atoms with Gasteiger partial charge in [0.1, 0.15) is 18.3 Å². The fourth-order valence-corrected chi connectivity index (χ4v) is 5.45. The number of rotatable bonds is 9. The first-order chi connectivity index (χ1) is 19.7. The normalized spacial score (nSPS) is 15.2. The molecule has 4 aromatic rings. The van der Waals surface area contributed by atoms with Crippen molar-refractivity contribution in [1.29, 1.82) is 0 Å². The summed E-state index contributed by atoms with van der Waals surface area (Å²) in [5.74, 6) is -1.21. The summed E-state index contributed by atoms with van der Waals surface area (Å²) in [4.78, 5) is 40.3. The van der Waals surface area contributed by atoms with Gasteiger partial charge in [0.05, 0.1) is 30.0 Å². The van der Waals surface area contributed by atoms with Gasteiger partial charge < -0.3 is 19.4 Å². The number of methoxy groups -OCH3 is 1. The molecule has 212 valence electrons. The van der Waals surface area contributed by atoms with E-state index in [4.69, 9.17) is 21.1 Å². The van der Waals surface area contributed by atoms with Crippen LogP contribution in [0.1, 0.15) is 39.1 Å². The Morgan fingerprint density at radius 3 is 2.61 bits per heavy atom. The number of ketones is 1. The molecule has 0 bridgehead atoms. The second kappa shape index (κ2) is 12.1. The third-order valence-electron chi connectivity index (χ3n) is 7.29. The summed E-state index contributed by atoms with van der Waals surface area (Å²) in [7, 11) is 3.15. The fourth-order valence-electron chi connectivity index (χ4n) is 5.22. The van der Waals surface area contributed by atoms with Crippen LogP contribution in [0.3, 0.4) is 0 Å². The number of carbonyl (C=O) groups is 3. The van der Waals surface area contributed by atoms with E-state index in [1.807, 2.05) is 40.8 Å². The number of carbonyl (C=O) groups excluding carboxylic acids is 3. The Bertz CT molecular complexity index is 1620. The van der Waals surface area contributed by atoms with Gasteiger partial charge in [0, 0.05) is 42.1 Å². The van der Waals surface area contributed by atoms with Crippen LogP contribution >= 0.6 is 11.6 Å². The van der Waals surface area contributed by atoms with Crippen LogP contribution < -0.4 is 10.1 Å². The van der Waals surface area contributed by atoms with Gasteiger partial charge in [-0.15, -0.1) is 0 Å². The van der Waals surface area contributed by atoms with E-state index in [1.165, 1.54) is 13.2 Å². The number of para-hydroxylation sites is 1. The molecule has 1 atom stereocenters. The van der Waals surface area contributed by atoms with Gasteiger partial charge in [-0.05, 0) is 60.9 Å². The van der Waals surface area contributed by atoms with Crippen molar-refractivity contribution in [2.45, 2.75) is 25.3 Å².